The second-order valence-corrected chi connectivity index (χ2v) is 4.27. The highest BCUT2D eigenvalue weighted by atomic mass is 32.1. The van der Waals surface area contributed by atoms with Crippen molar-refractivity contribution in [2.45, 2.75) is 19.9 Å². The molecule has 0 aromatic carbocycles. The molecular weight excluding hydrogens is 230 g/mol. The summed E-state index contributed by atoms with van der Waals surface area (Å²) in [6, 6.07) is 0.0645. The standard InChI is InChI=1S/C9H13N3O3S/c1-5(2)12-6(13)3-10-8-7(9(14)15)11-4-16-8/h4-5,10H,3H2,1-2H3,(H,12,13)(H,14,15). The molecule has 88 valence electrons. The summed E-state index contributed by atoms with van der Waals surface area (Å²) in [5.41, 5.74) is 1.37. The van der Waals surface area contributed by atoms with Gasteiger partial charge in [-0.2, -0.15) is 0 Å². The lowest BCUT2D eigenvalue weighted by molar-refractivity contribution is -0.119. The first-order valence-electron chi connectivity index (χ1n) is 4.70. The van der Waals surface area contributed by atoms with E-state index < -0.39 is 5.97 Å². The van der Waals surface area contributed by atoms with Crippen LogP contribution in [0.25, 0.3) is 0 Å². The van der Waals surface area contributed by atoms with Gasteiger partial charge in [0, 0.05) is 6.04 Å². The molecule has 1 heterocycles. The van der Waals surface area contributed by atoms with Crippen molar-refractivity contribution in [3.05, 3.63) is 11.2 Å². The van der Waals surface area contributed by atoms with E-state index in [1.165, 1.54) is 5.51 Å². The molecule has 1 amide bonds. The van der Waals surface area contributed by atoms with E-state index in [0.717, 1.165) is 11.3 Å². The van der Waals surface area contributed by atoms with Crippen LogP contribution in [-0.4, -0.2) is 34.6 Å². The number of anilines is 1. The monoisotopic (exact) mass is 243 g/mol. The van der Waals surface area contributed by atoms with Gasteiger partial charge in [0.05, 0.1) is 12.1 Å². The molecule has 0 atom stereocenters. The van der Waals surface area contributed by atoms with Gasteiger partial charge < -0.3 is 15.7 Å². The quantitative estimate of drug-likeness (QED) is 0.710. The maximum Gasteiger partial charge on any atom is 0.357 e. The number of carbonyl (C=O) groups excluding carboxylic acids is 1. The summed E-state index contributed by atoms with van der Waals surface area (Å²) < 4.78 is 0. The van der Waals surface area contributed by atoms with Gasteiger partial charge in [0.1, 0.15) is 5.00 Å². The number of nitrogens with one attached hydrogen (secondary N) is 2. The molecule has 0 saturated carbocycles. The number of hydrogen-bond donors (Lipinski definition) is 3. The third-order valence-electron chi connectivity index (χ3n) is 1.63. The molecule has 7 heteroatoms. The summed E-state index contributed by atoms with van der Waals surface area (Å²) in [4.78, 5) is 25.7. The van der Waals surface area contributed by atoms with E-state index in [2.05, 4.69) is 15.6 Å². The molecule has 0 spiro atoms. The van der Waals surface area contributed by atoms with Gasteiger partial charge in [-0.15, -0.1) is 11.3 Å². The molecule has 0 bridgehead atoms. The molecule has 0 unspecified atom stereocenters. The van der Waals surface area contributed by atoms with Crippen molar-refractivity contribution in [3.63, 3.8) is 0 Å². The first-order chi connectivity index (χ1) is 7.50. The number of aromatic nitrogens is 1. The first kappa shape index (κ1) is 12.4. The second-order valence-electron chi connectivity index (χ2n) is 3.41. The fraction of sp³-hybridized carbons (Fsp3) is 0.444. The predicted octanol–water partition coefficient (Wildman–Crippen LogP) is 0.778. The zero-order valence-electron chi connectivity index (χ0n) is 8.98. The summed E-state index contributed by atoms with van der Waals surface area (Å²) in [5.74, 6) is -1.28. The minimum absolute atomic E-state index is 0.0423. The number of rotatable bonds is 5. The van der Waals surface area contributed by atoms with E-state index in [1.54, 1.807) is 0 Å². The van der Waals surface area contributed by atoms with Gasteiger partial charge in [-0.1, -0.05) is 0 Å². The predicted molar refractivity (Wildman–Crippen MR) is 60.8 cm³/mol. The molecule has 0 saturated heterocycles. The van der Waals surface area contributed by atoms with Crippen molar-refractivity contribution in [1.29, 1.82) is 0 Å². The molecule has 0 fully saturated rings. The Morgan fingerprint density at radius 1 is 1.56 bits per heavy atom. The maximum absolute atomic E-state index is 11.3. The summed E-state index contributed by atoms with van der Waals surface area (Å²) >= 11 is 1.16. The van der Waals surface area contributed by atoms with Crippen molar-refractivity contribution in [2.24, 2.45) is 0 Å². The molecule has 16 heavy (non-hydrogen) atoms. The number of aromatic carboxylic acids is 1. The Bertz CT molecular complexity index is 389. The SMILES string of the molecule is CC(C)NC(=O)CNc1scnc1C(=O)O. The fourth-order valence-corrected chi connectivity index (χ4v) is 1.73. The van der Waals surface area contributed by atoms with Crippen molar-refractivity contribution in [2.75, 3.05) is 11.9 Å². The van der Waals surface area contributed by atoms with E-state index >= 15 is 0 Å². The van der Waals surface area contributed by atoms with Crippen molar-refractivity contribution in [1.82, 2.24) is 10.3 Å². The smallest absolute Gasteiger partial charge is 0.357 e. The lowest BCUT2D eigenvalue weighted by Crippen LogP contribution is -2.34. The number of thiazole rings is 1. The number of carboxylic acid groups (broad SMARTS) is 1. The van der Waals surface area contributed by atoms with Crippen LogP contribution in [0.5, 0.6) is 0 Å². The second kappa shape index (κ2) is 5.45. The van der Waals surface area contributed by atoms with Gasteiger partial charge in [0.15, 0.2) is 5.69 Å². The Labute approximate surface area is 96.7 Å². The normalized spacial score (nSPS) is 10.2. The van der Waals surface area contributed by atoms with Crippen LogP contribution >= 0.6 is 11.3 Å². The fourth-order valence-electron chi connectivity index (χ4n) is 1.06. The van der Waals surface area contributed by atoms with Gasteiger partial charge in [-0.25, -0.2) is 9.78 Å². The summed E-state index contributed by atoms with van der Waals surface area (Å²) in [5, 5.41) is 14.6. The van der Waals surface area contributed by atoms with Gasteiger partial charge >= 0.3 is 5.97 Å². The van der Waals surface area contributed by atoms with Crippen molar-refractivity contribution in [3.8, 4) is 0 Å². The molecule has 1 rings (SSSR count). The van der Waals surface area contributed by atoms with Crippen molar-refractivity contribution < 1.29 is 14.7 Å². The molecule has 6 nitrogen and oxygen atoms in total. The van der Waals surface area contributed by atoms with Crippen LogP contribution in [0.3, 0.4) is 0 Å². The molecular formula is C9H13N3O3S. The van der Waals surface area contributed by atoms with E-state index in [1.807, 2.05) is 13.8 Å². The van der Waals surface area contributed by atoms with E-state index in [0.29, 0.717) is 5.00 Å². The maximum atomic E-state index is 11.3. The van der Waals surface area contributed by atoms with E-state index in [-0.39, 0.29) is 24.2 Å². The van der Waals surface area contributed by atoms with Gasteiger partial charge in [-0.3, -0.25) is 4.79 Å². The van der Waals surface area contributed by atoms with Crippen LogP contribution in [0.15, 0.2) is 5.51 Å². The van der Waals surface area contributed by atoms with Crippen LogP contribution in [0.1, 0.15) is 24.3 Å². The lowest BCUT2D eigenvalue weighted by Gasteiger charge is -2.08. The molecule has 0 aliphatic carbocycles. The molecule has 1 aromatic rings. The van der Waals surface area contributed by atoms with Gasteiger partial charge in [-0.05, 0) is 13.8 Å². The molecule has 0 radical (unpaired) electrons. The Hall–Kier alpha value is -1.63. The number of nitrogens with zero attached hydrogens (tertiary/aromatic N) is 1. The molecule has 0 aliphatic rings. The van der Waals surface area contributed by atoms with Crippen LogP contribution in [0, 0.1) is 0 Å². The Morgan fingerprint density at radius 3 is 2.81 bits per heavy atom. The molecule has 1 aromatic heterocycles. The Balaban J connectivity index is 2.51. The van der Waals surface area contributed by atoms with E-state index in [9.17, 15) is 9.59 Å². The van der Waals surface area contributed by atoms with Gasteiger partial charge in [0.25, 0.3) is 0 Å². The number of amides is 1. The number of carbonyl (C=O) groups is 2. The lowest BCUT2D eigenvalue weighted by atomic mass is 10.4. The first-order valence-corrected chi connectivity index (χ1v) is 5.58. The zero-order chi connectivity index (χ0) is 12.1. The Kier molecular flexibility index (Phi) is 4.24. The average molecular weight is 243 g/mol. The summed E-state index contributed by atoms with van der Waals surface area (Å²) in [7, 11) is 0. The minimum atomic E-state index is -1.10. The number of hydrogen-bond acceptors (Lipinski definition) is 5. The van der Waals surface area contributed by atoms with Gasteiger partial charge in [0.2, 0.25) is 5.91 Å². The van der Waals surface area contributed by atoms with Crippen LogP contribution < -0.4 is 10.6 Å². The summed E-state index contributed by atoms with van der Waals surface area (Å²) in [6.45, 7) is 3.75. The topological polar surface area (TPSA) is 91.3 Å². The highest BCUT2D eigenvalue weighted by Crippen LogP contribution is 2.19. The molecule has 3 N–H and O–H groups in total. The van der Waals surface area contributed by atoms with Crippen LogP contribution in [0.2, 0.25) is 0 Å². The zero-order valence-corrected chi connectivity index (χ0v) is 9.80. The van der Waals surface area contributed by atoms with E-state index in [4.69, 9.17) is 5.11 Å². The van der Waals surface area contributed by atoms with Crippen LogP contribution in [0.4, 0.5) is 5.00 Å². The third-order valence-corrected chi connectivity index (χ3v) is 2.41. The average Bonchev–Trinajstić information content (AvgIpc) is 2.61. The highest BCUT2D eigenvalue weighted by Gasteiger charge is 2.14. The highest BCUT2D eigenvalue weighted by molar-refractivity contribution is 7.14. The summed E-state index contributed by atoms with van der Waals surface area (Å²) in [6.07, 6.45) is 0. The third kappa shape index (κ3) is 3.50. The van der Waals surface area contributed by atoms with Crippen LogP contribution in [-0.2, 0) is 4.79 Å². The Morgan fingerprint density at radius 2 is 2.25 bits per heavy atom. The van der Waals surface area contributed by atoms with Crippen molar-refractivity contribution >= 4 is 28.2 Å². The minimum Gasteiger partial charge on any atom is -0.476 e. The molecule has 0 aliphatic heterocycles. The largest absolute Gasteiger partial charge is 0.476 e. The number of carboxylic acids is 1.